The molecule has 3 aromatic carbocycles. The van der Waals surface area contributed by atoms with Gasteiger partial charge >= 0.3 is 0 Å². The van der Waals surface area contributed by atoms with Crippen molar-refractivity contribution in [2.75, 3.05) is 19.4 Å². The van der Waals surface area contributed by atoms with Crippen molar-refractivity contribution in [3.05, 3.63) is 90.0 Å². The number of benzene rings is 3. The van der Waals surface area contributed by atoms with Crippen LogP contribution in [0.25, 0.3) is 17.1 Å². The van der Waals surface area contributed by atoms with Gasteiger partial charge in [-0.1, -0.05) is 42.1 Å². The quantitative estimate of drug-likeness (QED) is 0.353. The lowest BCUT2D eigenvalue weighted by Gasteiger charge is -2.11. The van der Waals surface area contributed by atoms with Gasteiger partial charge in [0.15, 0.2) is 11.0 Å². The van der Waals surface area contributed by atoms with E-state index in [0.717, 1.165) is 11.3 Å². The molecule has 1 aromatic heterocycles. The average molecular weight is 481 g/mol. The molecule has 0 spiro atoms. The molecule has 0 radical (unpaired) electrons. The summed E-state index contributed by atoms with van der Waals surface area (Å²) >= 11 is 1.17. The van der Waals surface area contributed by atoms with Crippen LogP contribution in [0.5, 0.6) is 5.75 Å². The standard InChI is InChI=1S/C25H22F2N4O2S/c1-33-22-9-5-2-6-17(22)14-15-28-23(32)16-34-25-30-29-24(20-7-3-4-8-21(20)27)31(25)19-12-10-18(26)11-13-19/h2-13H,14-16H2,1H3,(H,28,32). The van der Waals surface area contributed by atoms with Gasteiger partial charge in [0.2, 0.25) is 5.91 Å². The van der Waals surface area contributed by atoms with Crippen LogP contribution in [0.3, 0.4) is 0 Å². The van der Waals surface area contributed by atoms with Gasteiger partial charge < -0.3 is 10.1 Å². The number of carbonyl (C=O) groups excluding carboxylic acids is 1. The molecule has 0 unspecified atom stereocenters. The molecule has 9 heteroatoms. The number of para-hydroxylation sites is 1. The topological polar surface area (TPSA) is 69.0 Å². The summed E-state index contributed by atoms with van der Waals surface area (Å²) in [5, 5.41) is 11.6. The van der Waals surface area contributed by atoms with E-state index in [2.05, 4.69) is 15.5 Å². The van der Waals surface area contributed by atoms with Crippen LogP contribution in [0.4, 0.5) is 8.78 Å². The zero-order valence-electron chi connectivity index (χ0n) is 18.4. The number of rotatable bonds is 9. The van der Waals surface area contributed by atoms with Gasteiger partial charge in [0.05, 0.1) is 18.4 Å². The Bertz CT molecular complexity index is 1280. The summed E-state index contributed by atoms with van der Waals surface area (Å²) in [6.45, 7) is 0.449. The summed E-state index contributed by atoms with van der Waals surface area (Å²) in [5.41, 5.74) is 1.82. The number of hydrogen-bond acceptors (Lipinski definition) is 5. The number of nitrogens with zero attached hydrogens (tertiary/aromatic N) is 3. The molecule has 1 amide bonds. The van der Waals surface area contributed by atoms with E-state index in [-0.39, 0.29) is 23.0 Å². The molecule has 0 saturated carbocycles. The third kappa shape index (κ3) is 5.43. The minimum atomic E-state index is -0.455. The fourth-order valence-electron chi connectivity index (χ4n) is 3.43. The average Bonchev–Trinajstić information content (AvgIpc) is 3.27. The molecule has 34 heavy (non-hydrogen) atoms. The first-order valence-corrected chi connectivity index (χ1v) is 11.5. The van der Waals surface area contributed by atoms with Crippen molar-refractivity contribution in [2.24, 2.45) is 0 Å². The van der Waals surface area contributed by atoms with Crippen LogP contribution < -0.4 is 10.1 Å². The van der Waals surface area contributed by atoms with Crippen LogP contribution in [0, 0.1) is 11.6 Å². The Balaban J connectivity index is 1.48. The Hall–Kier alpha value is -3.72. The van der Waals surface area contributed by atoms with Gasteiger partial charge in [-0.15, -0.1) is 10.2 Å². The third-order valence-corrected chi connectivity index (χ3v) is 6.00. The second kappa shape index (κ2) is 10.9. The van der Waals surface area contributed by atoms with Crippen molar-refractivity contribution in [2.45, 2.75) is 11.6 Å². The van der Waals surface area contributed by atoms with Gasteiger partial charge in [-0.2, -0.15) is 0 Å². The third-order valence-electron chi connectivity index (χ3n) is 5.07. The van der Waals surface area contributed by atoms with E-state index in [1.807, 2.05) is 24.3 Å². The molecule has 0 aliphatic heterocycles. The van der Waals surface area contributed by atoms with Gasteiger partial charge in [0, 0.05) is 12.2 Å². The molecule has 0 bridgehead atoms. The van der Waals surface area contributed by atoms with E-state index in [4.69, 9.17) is 4.74 Å². The van der Waals surface area contributed by atoms with Crippen LogP contribution in [-0.2, 0) is 11.2 Å². The molecule has 0 atom stereocenters. The lowest BCUT2D eigenvalue weighted by Crippen LogP contribution is -2.27. The first-order chi connectivity index (χ1) is 16.6. The number of amides is 1. The summed E-state index contributed by atoms with van der Waals surface area (Å²) in [5.74, 6) is 0.100. The van der Waals surface area contributed by atoms with Crippen molar-refractivity contribution in [3.8, 4) is 22.8 Å². The number of ether oxygens (including phenoxy) is 1. The van der Waals surface area contributed by atoms with Crippen LogP contribution in [0.2, 0.25) is 0 Å². The Kier molecular flexibility index (Phi) is 7.54. The number of aromatic nitrogens is 3. The van der Waals surface area contributed by atoms with E-state index >= 15 is 0 Å². The molecule has 4 rings (SSSR count). The second-order valence-electron chi connectivity index (χ2n) is 7.30. The summed E-state index contributed by atoms with van der Waals surface area (Å²) in [6, 6.07) is 19.6. The van der Waals surface area contributed by atoms with Gasteiger partial charge in [-0.25, -0.2) is 8.78 Å². The number of thioether (sulfide) groups is 1. The van der Waals surface area contributed by atoms with Crippen LogP contribution in [-0.4, -0.2) is 40.1 Å². The largest absolute Gasteiger partial charge is 0.496 e. The van der Waals surface area contributed by atoms with E-state index in [1.165, 1.54) is 30.0 Å². The van der Waals surface area contributed by atoms with Gasteiger partial charge in [-0.05, 0) is 54.4 Å². The van der Waals surface area contributed by atoms with Crippen LogP contribution in [0.1, 0.15) is 5.56 Å². The first kappa shape index (κ1) is 23.4. The molecule has 0 aliphatic rings. The molecule has 174 valence electrons. The van der Waals surface area contributed by atoms with Crippen molar-refractivity contribution in [3.63, 3.8) is 0 Å². The van der Waals surface area contributed by atoms with Crippen LogP contribution in [0.15, 0.2) is 78.0 Å². The van der Waals surface area contributed by atoms with Crippen molar-refractivity contribution in [1.82, 2.24) is 20.1 Å². The summed E-state index contributed by atoms with van der Waals surface area (Å²) in [4.78, 5) is 12.5. The van der Waals surface area contributed by atoms with Crippen LogP contribution >= 0.6 is 11.8 Å². The molecular formula is C25H22F2N4O2S. The number of carbonyl (C=O) groups is 1. The monoisotopic (exact) mass is 480 g/mol. The predicted octanol–water partition coefficient (Wildman–Crippen LogP) is 4.67. The molecule has 1 N–H and O–H groups in total. The highest BCUT2D eigenvalue weighted by Gasteiger charge is 2.19. The van der Waals surface area contributed by atoms with Gasteiger partial charge in [0.25, 0.3) is 0 Å². The normalized spacial score (nSPS) is 10.8. The maximum atomic E-state index is 14.5. The zero-order valence-corrected chi connectivity index (χ0v) is 19.2. The van der Waals surface area contributed by atoms with E-state index in [1.54, 1.807) is 42.0 Å². The SMILES string of the molecule is COc1ccccc1CCNC(=O)CSc1nnc(-c2ccccc2F)n1-c1ccc(F)cc1. The maximum Gasteiger partial charge on any atom is 0.230 e. The number of nitrogens with one attached hydrogen (secondary N) is 1. The van der Waals surface area contributed by atoms with Crippen molar-refractivity contribution < 1.29 is 18.3 Å². The minimum absolute atomic E-state index is 0.0858. The molecule has 0 saturated heterocycles. The zero-order chi connectivity index (χ0) is 23.9. The number of methoxy groups -OCH3 is 1. The summed E-state index contributed by atoms with van der Waals surface area (Å²) in [6.07, 6.45) is 0.629. The summed E-state index contributed by atoms with van der Waals surface area (Å²) in [7, 11) is 1.61. The summed E-state index contributed by atoms with van der Waals surface area (Å²) < 4.78 is 34.9. The van der Waals surface area contributed by atoms with Gasteiger partial charge in [0.1, 0.15) is 17.4 Å². The first-order valence-electron chi connectivity index (χ1n) is 10.5. The Morgan fingerprint density at radius 3 is 2.50 bits per heavy atom. The van der Waals surface area contributed by atoms with E-state index in [0.29, 0.717) is 23.8 Å². The molecular weight excluding hydrogens is 458 g/mol. The highest BCUT2D eigenvalue weighted by atomic mass is 32.2. The molecule has 6 nitrogen and oxygen atoms in total. The fraction of sp³-hybridized carbons (Fsp3) is 0.160. The van der Waals surface area contributed by atoms with Gasteiger partial charge in [-0.3, -0.25) is 9.36 Å². The molecule has 0 aliphatic carbocycles. The Morgan fingerprint density at radius 1 is 1.00 bits per heavy atom. The van der Waals surface area contributed by atoms with E-state index < -0.39 is 11.6 Å². The highest BCUT2D eigenvalue weighted by Crippen LogP contribution is 2.29. The fourth-order valence-corrected chi connectivity index (χ4v) is 4.21. The highest BCUT2D eigenvalue weighted by molar-refractivity contribution is 7.99. The van der Waals surface area contributed by atoms with Crippen molar-refractivity contribution in [1.29, 1.82) is 0 Å². The maximum absolute atomic E-state index is 14.5. The molecule has 0 fully saturated rings. The number of hydrogen-bond donors (Lipinski definition) is 1. The molecule has 1 heterocycles. The minimum Gasteiger partial charge on any atom is -0.496 e. The second-order valence-corrected chi connectivity index (χ2v) is 8.24. The lowest BCUT2D eigenvalue weighted by molar-refractivity contribution is -0.118. The Labute approximate surface area is 200 Å². The smallest absolute Gasteiger partial charge is 0.230 e. The predicted molar refractivity (Wildman–Crippen MR) is 127 cm³/mol. The van der Waals surface area contributed by atoms with E-state index in [9.17, 15) is 13.6 Å². The van der Waals surface area contributed by atoms with Crippen molar-refractivity contribution >= 4 is 17.7 Å². The lowest BCUT2D eigenvalue weighted by atomic mass is 10.1. The molecule has 4 aromatic rings. The Morgan fingerprint density at radius 2 is 1.74 bits per heavy atom. The number of halogens is 2.